The highest BCUT2D eigenvalue weighted by Crippen LogP contribution is 2.25. The molecule has 2 rings (SSSR count). The van der Waals surface area contributed by atoms with Crippen LogP contribution in [0.1, 0.15) is 24.5 Å². The van der Waals surface area contributed by atoms with Gasteiger partial charge in [-0.1, -0.05) is 6.07 Å². The van der Waals surface area contributed by atoms with Crippen LogP contribution in [-0.2, 0) is 22.4 Å². The molecule has 1 unspecified atom stereocenters. The van der Waals surface area contributed by atoms with Crippen LogP contribution >= 0.6 is 0 Å². The normalized spacial score (nSPS) is 17.1. The smallest absolute Gasteiger partial charge is 0.344 e. The maximum Gasteiger partial charge on any atom is 0.344 e. The Balaban J connectivity index is 1.93. The second-order valence-electron chi connectivity index (χ2n) is 5.14. The predicted molar refractivity (Wildman–Crippen MR) is 79.5 cm³/mol. The Morgan fingerprint density at radius 2 is 2.29 bits per heavy atom. The number of benzene rings is 1. The van der Waals surface area contributed by atoms with E-state index in [2.05, 4.69) is 11.4 Å². The zero-order valence-corrected chi connectivity index (χ0v) is 12.4. The molecule has 0 amide bonds. The second-order valence-corrected chi connectivity index (χ2v) is 5.14. The first-order valence-electron chi connectivity index (χ1n) is 7.47. The van der Waals surface area contributed by atoms with Crippen molar-refractivity contribution < 1.29 is 19.4 Å². The number of ether oxygens (including phenoxy) is 2. The van der Waals surface area contributed by atoms with Crippen LogP contribution in [0.25, 0.3) is 0 Å². The summed E-state index contributed by atoms with van der Waals surface area (Å²) in [6.07, 6.45) is 3.03. The standard InChI is InChI=1S/C16H23NO4/c1-2-20-16(19)11-21-15-6-4-12-3-5-14(17-7-8-18)9-13(12)10-15/h4,6,10,14,17-18H,2-3,5,7-9,11H2,1H3. The number of nitrogens with one attached hydrogen (secondary N) is 1. The van der Waals surface area contributed by atoms with Crippen molar-refractivity contribution in [2.75, 3.05) is 26.4 Å². The van der Waals surface area contributed by atoms with Crippen molar-refractivity contribution in [2.45, 2.75) is 32.2 Å². The monoisotopic (exact) mass is 293 g/mol. The van der Waals surface area contributed by atoms with Gasteiger partial charge in [-0.3, -0.25) is 0 Å². The van der Waals surface area contributed by atoms with Crippen molar-refractivity contribution in [3.05, 3.63) is 29.3 Å². The molecule has 5 heteroatoms. The van der Waals surface area contributed by atoms with E-state index in [0.717, 1.165) is 19.3 Å². The molecule has 0 spiro atoms. The van der Waals surface area contributed by atoms with E-state index in [0.29, 0.717) is 24.9 Å². The van der Waals surface area contributed by atoms with Gasteiger partial charge in [-0.2, -0.15) is 0 Å². The molecular formula is C16H23NO4. The lowest BCUT2D eigenvalue weighted by Gasteiger charge is -2.25. The largest absolute Gasteiger partial charge is 0.482 e. The number of esters is 1. The summed E-state index contributed by atoms with van der Waals surface area (Å²) in [6, 6.07) is 6.36. The molecule has 0 aliphatic heterocycles. The highest BCUT2D eigenvalue weighted by molar-refractivity contribution is 5.71. The van der Waals surface area contributed by atoms with Gasteiger partial charge >= 0.3 is 5.97 Å². The number of aliphatic hydroxyl groups is 1. The van der Waals surface area contributed by atoms with E-state index in [9.17, 15) is 4.79 Å². The molecule has 2 N–H and O–H groups in total. The molecule has 0 heterocycles. The molecule has 1 aliphatic rings. The second kappa shape index (κ2) is 8.00. The summed E-state index contributed by atoms with van der Waals surface area (Å²) in [4.78, 5) is 11.3. The lowest BCUT2D eigenvalue weighted by atomic mass is 9.88. The zero-order chi connectivity index (χ0) is 15.1. The molecule has 0 aromatic heterocycles. The van der Waals surface area contributed by atoms with Gasteiger partial charge in [0.2, 0.25) is 0 Å². The van der Waals surface area contributed by atoms with Crippen molar-refractivity contribution in [1.29, 1.82) is 0 Å². The van der Waals surface area contributed by atoms with E-state index in [1.807, 2.05) is 12.1 Å². The summed E-state index contributed by atoms with van der Waals surface area (Å²) in [6.45, 7) is 2.87. The first-order valence-corrected chi connectivity index (χ1v) is 7.47. The fourth-order valence-electron chi connectivity index (χ4n) is 2.61. The molecule has 0 radical (unpaired) electrons. The Kier molecular flexibility index (Phi) is 6.02. The minimum atomic E-state index is -0.349. The summed E-state index contributed by atoms with van der Waals surface area (Å²) >= 11 is 0. The lowest BCUT2D eigenvalue weighted by Crippen LogP contribution is -2.36. The summed E-state index contributed by atoms with van der Waals surface area (Å²) in [7, 11) is 0. The van der Waals surface area contributed by atoms with Gasteiger partial charge in [0.15, 0.2) is 6.61 Å². The predicted octanol–water partition coefficient (Wildman–Crippen LogP) is 1.07. The fraction of sp³-hybridized carbons (Fsp3) is 0.562. The number of hydrogen-bond donors (Lipinski definition) is 2. The minimum Gasteiger partial charge on any atom is -0.482 e. The van der Waals surface area contributed by atoms with E-state index >= 15 is 0 Å². The van der Waals surface area contributed by atoms with Crippen LogP contribution in [0.5, 0.6) is 5.75 Å². The maximum absolute atomic E-state index is 11.3. The Labute approximate surface area is 125 Å². The van der Waals surface area contributed by atoms with Crippen molar-refractivity contribution in [2.24, 2.45) is 0 Å². The number of carbonyl (C=O) groups is 1. The van der Waals surface area contributed by atoms with Crippen molar-refractivity contribution in [3.63, 3.8) is 0 Å². The van der Waals surface area contributed by atoms with Crippen molar-refractivity contribution in [3.8, 4) is 5.75 Å². The van der Waals surface area contributed by atoms with Gasteiger partial charge < -0.3 is 19.9 Å². The number of rotatable bonds is 7. The van der Waals surface area contributed by atoms with Gasteiger partial charge in [-0.25, -0.2) is 4.79 Å². The number of aliphatic hydroxyl groups excluding tert-OH is 1. The zero-order valence-electron chi connectivity index (χ0n) is 12.4. The molecule has 0 saturated heterocycles. The van der Waals surface area contributed by atoms with Crippen LogP contribution < -0.4 is 10.1 Å². The first-order chi connectivity index (χ1) is 10.2. The van der Waals surface area contributed by atoms with Crippen LogP contribution in [0.4, 0.5) is 0 Å². The molecule has 0 bridgehead atoms. The first kappa shape index (κ1) is 15.8. The SMILES string of the molecule is CCOC(=O)COc1ccc2c(c1)CC(NCCO)CC2. The molecule has 21 heavy (non-hydrogen) atoms. The third kappa shape index (κ3) is 4.72. The van der Waals surface area contributed by atoms with Crippen LogP contribution in [0.15, 0.2) is 18.2 Å². The Morgan fingerprint density at radius 1 is 1.43 bits per heavy atom. The van der Waals surface area contributed by atoms with Crippen LogP contribution in [-0.4, -0.2) is 43.5 Å². The molecule has 0 saturated carbocycles. The molecule has 0 fully saturated rings. The van der Waals surface area contributed by atoms with Gasteiger partial charge in [0.05, 0.1) is 13.2 Å². The average Bonchev–Trinajstić information content (AvgIpc) is 2.50. The summed E-state index contributed by atoms with van der Waals surface area (Å²) in [5, 5.41) is 12.2. The van der Waals surface area contributed by atoms with Crippen molar-refractivity contribution in [1.82, 2.24) is 5.32 Å². The highest BCUT2D eigenvalue weighted by atomic mass is 16.6. The van der Waals surface area contributed by atoms with E-state index in [4.69, 9.17) is 14.6 Å². The summed E-state index contributed by atoms with van der Waals surface area (Å²) in [5.74, 6) is 0.349. The van der Waals surface area contributed by atoms with E-state index < -0.39 is 0 Å². The molecule has 1 atom stereocenters. The topological polar surface area (TPSA) is 67.8 Å². The average molecular weight is 293 g/mol. The summed E-state index contributed by atoms with van der Waals surface area (Å²) in [5.41, 5.74) is 2.58. The Hall–Kier alpha value is -1.59. The van der Waals surface area contributed by atoms with Crippen LogP contribution in [0.2, 0.25) is 0 Å². The van der Waals surface area contributed by atoms with Gasteiger partial charge in [-0.05, 0) is 49.4 Å². The number of carbonyl (C=O) groups excluding carboxylic acids is 1. The molecule has 116 valence electrons. The van der Waals surface area contributed by atoms with Crippen LogP contribution in [0, 0.1) is 0 Å². The third-order valence-electron chi connectivity index (χ3n) is 3.61. The van der Waals surface area contributed by atoms with Crippen LogP contribution in [0.3, 0.4) is 0 Å². The summed E-state index contributed by atoms with van der Waals surface area (Å²) < 4.78 is 10.3. The molecular weight excluding hydrogens is 270 g/mol. The molecule has 1 aromatic rings. The lowest BCUT2D eigenvalue weighted by molar-refractivity contribution is -0.145. The van der Waals surface area contributed by atoms with Gasteiger partial charge in [-0.15, -0.1) is 0 Å². The highest BCUT2D eigenvalue weighted by Gasteiger charge is 2.18. The number of hydrogen-bond acceptors (Lipinski definition) is 5. The molecule has 5 nitrogen and oxygen atoms in total. The van der Waals surface area contributed by atoms with Gasteiger partial charge in [0.25, 0.3) is 0 Å². The van der Waals surface area contributed by atoms with E-state index in [1.165, 1.54) is 11.1 Å². The Morgan fingerprint density at radius 3 is 3.05 bits per heavy atom. The number of aryl methyl sites for hydroxylation is 1. The minimum absolute atomic E-state index is 0.0567. The maximum atomic E-state index is 11.3. The fourth-order valence-corrected chi connectivity index (χ4v) is 2.61. The quantitative estimate of drug-likeness (QED) is 0.736. The van der Waals surface area contributed by atoms with E-state index in [-0.39, 0.29) is 19.2 Å². The van der Waals surface area contributed by atoms with Crippen molar-refractivity contribution >= 4 is 5.97 Å². The molecule has 1 aromatic carbocycles. The third-order valence-corrected chi connectivity index (χ3v) is 3.61. The Bertz CT molecular complexity index is 475. The number of fused-ring (bicyclic) bond motifs is 1. The van der Waals surface area contributed by atoms with Gasteiger partial charge in [0, 0.05) is 12.6 Å². The molecule has 1 aliphatic carbocycles. The van der Waals surface area contributed by atoms with Gasteiger partial charge in [0.1, 0.15) is 5.75 Å². The van der Waals surface area contributed by atoms with E-state index in [1.54, 1.807) is 6.92 Å².